The molecule has 4 nitrogen and oxygen atoms in total. The van der Waals surface area contributed by atoms with Crippen molar-refractivity contribution in [3.05, 3.63) is 66.0 Å². The van der Waals surface area contributed by atoms with Gasteiger partial charge in [-0.1, -0.05) is 41.6 Å². The molecule has 1 aromatic heterocycles. The van der Waals surface area contributed by atoms with Crippen molar-refractivity contribution < 1.29 is 9.63 Å². The molecule has 2 heterocycles. The number of rotatable bonds is 4. The van der Waals surface area contributed by atoms with Crippen LogP contribution in [0.15, 0.2) is 59.9 Å². The average Bonchev–Trinajstić information content (AvgIpc) is 2.97. The maximum absolute atomic E-state index is 12.1. The van der Waals surface area contributed by atoms with Gasteiger partial charge in [0.1, 0.15) is 11.8 Å². The van der Waals surface area contributed by atoms with Crippen molar-refractivity contribution in [2.45, 2.75) is 18.9 Å². The second kappa shape index (κ2) is 5.65. The average molecular weight is 266 g/mol. The van der Waals surface area contributed by atoms with E-state index in [-0.39, 0.29) is 11.9 Å². The Morgan fingerprint density at radius 2 is 1.95 bits per heavy atom. The zero-order valence-corrected chi connectivity index (χ0v) is 10.9. The van der Waals surface area contributed by atoms with E-state index in [1.807, 2.05) is 36.4 Å². The van der Waals surface area contributed by atoms with Gasteiger partial charge in [-0.15, -0.1) is 0 Å². The summed E-state index contributed by atoms with van der Waals surface area (Å²) < 4.78 is 0. The van der Waals surface area contributed by atoms with Crippen LogP contribution in [0.1, 0.15) is 28.9 Å². The molecule has 0 aliphatic carbocycles. The van der Waals surface area contributed by atoms with E-state index in [0.717, 1.165) is 11.3 Å². The second-order valence-electron chi connectivity index (χ2n) is 4.68. The van der Waals surface area contributed by atoms with Crippen LogP contribution in [0.2, 0.25) is 0 Å². The molecule has 1 atom stereocenters. The van der Waals surface area contributed by atoms with E-state index in [4.69, 9.17) is 4.84 Å². The zero-order chi connectivity index (χ0) is 13.8. The molecule has 20 heavy (non-hydrogen) atoms. The molecular formula is C16H14N2O2. The molecule has 0 radical (unpaired) electrons. The summed E-state index contributed by atoms with van der Waals surface area (Å²) in [5.41, 5.74) is 2.41. The summed E-state index contributed by atoms with van der Waals surface area (Å²) in [6.07, 6.45) is 2.38. The number of carbonyl (C=O) groups excluding carboxylic acids is 1. The molecule has 0 spiro atoms. The normalized spacial score (nSPS) is 17.4. The van der Waals surface area contributed by atoms with Crippen molar-refractivity contribution in [3.8, 4) is 0 Å². The lowest BCUT2D eigenvalue weighted by atomic mass is 10.0. The summed E-state index contributed by atoms with van der Waals surface area (Å²) in [4.78, 5) is 21.5. The fraction of sp³-hybridized carbons (Fsp3) is 0.188. The van der Waals surface area contributed by atoms with Crippen LogP contribution in [0, 0.1) is 0 Å². The molecule has 2 aromatic rings. The smallest absolute Gasteiger partial charge is 0.184 e. The summed E-state index contributed by atoms with van der Waals surface area (Å²) in [7, 11) is 0. The second-order valence-corrected chi connectivity index (χ2v) is 4.68. The standard InChI is InChI=1S/C16H14N2O2/c19-16(14-8-4-5-9-17-14)11-13-10-15(18-20-13)12-6-2-1-3-7-12/h1-9,13H,10-11H2. The predicted molar refractivity (Wildman–Crippen MR) is 75.7 cm³/mol. The van der Waals surface area contributed by atoms with Gasteiger partial charge in [-0.3, -0.25) is 9.78 Å². The fourth-order valence-electron chi connectivity index (χ4n) is 2.18. The summed E-state index contributed by atoms with van der Waals surface area (Å²) in [6, 6.07) is 15.2. The number of carbonyl (C=O) groups is 1. The summed E-state index contributed by atoms with van der Waals surface area (Å²) in [5.74, 6) is -0.0138. The quantitative estimate of drug-likeness (QED) is 0.799. The molecule has 0 saturated heterocycles. The van der Waals surface area contributed by atoms with Crippen LogP contribution in [0.25, 0.3) is 0 Å². The molecule has 0 saturated carbocycles. The van der Waals surface area contributed by atoms with Gasteiger partial charge in [-0.05, 0) is 17.7 Å². The largest absolute Gasteiger partial charge is 0.391 e. The van der Waals surface area contributed by atoms with Crippen LogP contribution < -0.4 is 0 Å². The van der Waals surface area contributed by atoms with Gasteiger partial charge in [-0.2, -0.15) is 0 Å². The summed E-state index contributed by atoms with van der Waals surface area (Å²) in [5, 5.41) is 4.08. The first kappa shape index (κ1) is 12.5. The number of nitrogens with zero attached hydrogens (tertiary/aromatic N) is 2. The van der Waals surface area contributed by atoms with Crippen molar-refractivity contribution in [1.82, 2.24) is 4.98 Å². The van der Waals surface area contributed by atoms with E-state index in [0.29, 0.717) is 18.5 Å². The molecule has 0 fully saturated rings. The lowest BCUT2D eigenvalue weighted by Gasteiger charge is -2.06. The minimum absolute atomic E-state index is 0.0138. The van der Waals surface area contributed by atoms with Gasteiger partial charge in [0.2, 0.25) is 0 Å². The van der Waals surface area contributed by atoms with Gasteiger partial charge in [0, 0.05) is 12.6 Å². The Bertz CT molecular complexity index is 623. The number of pyridine rings is 1. The highest BCUT2D eigenvalue weighted by Gasteiger charge is 2.25. The Balaban J connectivity index is 1.61. The SMILES string of the molecule is O=C(CC1CC(c2ccccc2)=NO1)c1ccccn1. The van der Waals surface area contributed by atoms with Crippen LogP contribution >= 0.6 is 0 Å². The van der Waals surface area contributed by atoms with E-state index in [2.05, 4.69) is 10.1 Å². The molecule has 1 aliphatic heterocycles. The highest BCUT2D eigenvalue weighted by molar-refractivity contribution is 6.02. The molecule has 1 aliphatic rings. The van der Waals surface area contributed by atoms with E-state index >= 15 is 0 Å². The van der Waals surface area contributed by atoms with Crippen LogP contribution in [-0.2, 0) is 4.84 Å². The molecule has 0 amide bonds. The lowest BCUT2D eigenvalue weighted by Crippen LogP contribution is -2.15. The van der Waals surface area contributed by atoms with Gasteiger partial charge in [0.15, 0.2) is 5.78 Å². The number of hydrogen-bond acceptors (Lipinski definition) is 4. The molecular weight excluding hydrogens is 252 g/mol. The van der Waals surface area contributed by atoms with Crippen molar-refractivity contribution >= 4 is 11.5 Å². The molecule has 1 unspecified atom stereocenters. The highest BCUT2D eigenvalue weighted by Crippen LogP contribution is 2.20. The summed E-state index contributed by atoms with van der Waals surface area (Å²) in [6.45, 7) is 0. The van der Waals surface area contributed by atoms with Crippen molar-refractivity contribution in [2.24, 2.45) is 5.16 Å². The highest BCUT2D eigenvalue weighted by atomic mass is 16.6. The lowest BCUT2D eigenvalue weighted by molar-refractivity contribution is 0.0656. The minimum atomic E-state index is -0.195. The number of benzene rings is 1. The molecule has 0 N–H and O–H groups in total. The van der Waals surface area contributed by atoms with Gasteiger partial charge in [0.05, 0.1) is 12.1 Å². The van der Waals surface area contributed by atoms with Crippen LogP contribution in [-0.4, -0.2) is 22.6 Å². The van der Waals surface area contributed by atoms with Gasteiger partial charge >= 0.3 is 0 Å². The number of Topliss-reactive ketones (excluding diaryl/α,β-unsaturated/α-hetero) is 1. The molecule has 100 valence electrons. The van der Waals surface area contributed by atoms with Gasteiger partial charge < -0.3 is 4.84 Å². The fourth-order valence-corrected chi connectivity index (χ4v) is 2.18. The Kier molecular flexibility index (Phi) is 3.54. The van der Waals surface area contributed by atoms with E-state index < -0.39 is 0 Å². The van der Waals surface area contributed by atoms with Crippen LogP contribution in [0.3, 0.4) is 0 Å². The third kappa shape index (κ3) is 2.74. The van der Waals surface area contributed by atoms with Gasteiger partial charge in [-0.25, -0.2) is 0 Å². The van der Waals surface area contributed by atoms with E-state index in [1.54, 1.807) is 18.3 Å². The maximum Gasteiger partial charge on any atom is 0.184 e. The van der Waals surface area contributed by atoms with E-state index in [1.165, 1.54) is 0 Å². The minimum Gasteiger partial charge on any atom is -0.391 e. The summed E-state index contributed by atoms with van der Waals surface area (Å²) >= 11 is 0. The van der Waals surface area contributed by atoms with Gasteiger partial charge in [0.25, 0.3) is 0 Å². The Morgan fingerprint density at radius 3 is 2.70 bits per heavy atom. The zero-order valence-electron chi connectivity index (χ0n) is 10.9. The Morgan fingerprint density at radius 1 is 1.15 bits per heavy atom. The van der Waals surface area contributed by atoms with Crippen LogP contribution in [0.4, 0.5) is 0 Å². The third-order valence-electron chi connectivity index (χ3n) is 3.20. The predicted octanol–water partition coefficient (Wildman–Crippen LogP) is 2.85. The Labute approximate surface area is 117 Å². The maximum atomic E-state index is 12.1. The van der Waals surface area contributed by atoms with E-state index in [9.17, 15) is 4.79 Å². The molecule has 3 rings (SSSR count). The molecule has 1 aromatic carbocycles. The number of ketones is 1. The first-order chi connectivity index (χ1) is 9.83. The number of oxime groups is 1. The molecule has 0 bridgehead atoms. The van der Waals surface area contributed by atoms with Crippen molar-refractivity contribution in [1.29, 1.82) is 0 Å². The third-order valence-corrected chi connectivity index (χ3v) is 3.20. The molecule has 4 heteroatoms. The van der Waals surface area contributed by atoms with Crippen molar-refractivity contribution in [3.63, 3.8) is 0 Å². The first-order valence-electron chi connectivity index (χ1n) is 6.55. The topological polar surface area (TPSA) is 51.5 Å². The number of hydrogen-bond donors (Lipinski definition) is 0. The first-order valence-corrected chi connectivity index (χ1v) is 6.55. The Hall–Kier alpha value is -2.49. The number of aromatic nitrogens is 1. The van der Waals surface area contributed by atoms with Crippen molar-refractivity contribution in [2.75, 3.05) is 0 Å². The monoisotopic (exact) mass is 266 g/mol. The van der Waals surface area contributed by atoms with Crippen LogP contribution in [0.5, 0.6) is 0 Å².